The monoisotopic (exact) mass is 895 g/mol. The first-order chi connectivity index (χ1) is 34.1. The van der Waals surface area contributed by atoms with Crippen LogP contribution in [0.2, 0.25) is 0 Å². The van der Waals surface area contributed by atoms with E-state index in [1.165, 1.54) is 43.0 Å². The minimum absolute atomic E-state index is 0.564. The van der Waals surface area contributed by atoms with E-state index in [0.717, 1.165) is 82.9 Å². The molecule has 0 saturated heterocycles. The van der Waals surface area contributed by atoms with Gasteiger partial charge in [0.15, 0.2) is 11.4 Å². The number of nitrogens with zero attached hydrogens (tertiary/aromatic N) is 7. The number of aromatic nitrogens is 5. The zero-order chi connectivity index (χ0) is 45.5. The maximum atomic E-state index is 7.83. The standard InChI is InChI=1S/C61H33N7S/c1-62-36-19-24-54-44(31-36)45-32-37(63-2)20-25-55(45)68(54)40-23-28-58-50(35-40)61(47-14-9-29-64-59(47)60-48(61)15-10-30-65-60)49-34-39(22-27-57(49)69-58)67-53-18-8-5-13-43(53)46-33-38(21-26-56(46)67)66-51-16-6-3-11-41(51)42-12-4-7-17-52(42)66/h3-35H. The van der Waals surface area contributed by atoms with Crippen molar-refractivity contribution in [3.05, 3.63) is 246 Å². The number of pyridine rings is 2. The van der Waals surface area contributed by atoms with Crippen molar-refractivity contribution in [3.8, 4) is 28.5 Å². The lowest BCUT2D eigenvalue weighted by Crippen LogP contribution is -2.32. The summed E-state index contributed by atoms with van der Waals surface area (Å²) in [6.45, 7) is 15.7. The average Bonchev–Trinajstić information content (AvgIpc) is 4.12. The molecule has 13 aromatic rings. The smallest absolute Gasteiger partial charge is 0.188 e. The van der Waals surface area contributed by atoms with E-state index >= 15 is 0 Å². The van der Waals surface area contributed by atoms with Crippen LogP contribution < -0.4 is 0 Å². The molecule has 0 radical (unpaired) electrons. The molecular formula is C61H33N7S. The predicted octanol–water partition coefficient (Wildman–Crippen LogP) is 15.7. The number of para-hydroxylation sites is 3. The summed E-state index contributed by atoms with van der Waals surface area (Å²) in [4.78, 5) is 20.0. The molecule has 15 rings (SSSR count). The molecule has 7 nitrogen and oxygen atoms in total. The first-order valence-corrected chi connectivity index (χ1v) is 23.7. The minimum Gasteiger partial charge on any atom is -0.309 e. The van der Waals surface area contributed by atoms with Crippen molar-refractivity contribution in [1.82, 2.24) is 23.7 Å². The van der Waals surface area contributed by atoms with Gasteiger partial charge in [-0.2, -0.15) is 0 Å². The quantitative estimate of drug-likeness (QED) is 0.166. The van der Waals surface area contributed by atoms with E-state index in [-0.39, 0.29) is 0 Å². The first-order valence-electron chi connectivity index (χ1n) is 22.9. The van der Waals surface area contributed by atoms with Gasteiger partial charge in [-0.3, -0.25) is 9.97 Å². The lowest BCUT2D eigenvalue weighted by atomic mass is 9.67. The lowest BCUT2D eigenvalue weighted by molar-refractivity contribution is 0.717. The van der Waals surface area contributed by atoms with E-state index < -0.39 is 5.41 Å². The third kappa shape index (κ3) is 5.00. The second-order valence-corrected chi connectivity index (χ2v) is 19.0. The van der Waals surface area contributed by atoms with Crippen LogP contribution in [-0.2, 0) is 5.41 Å². The Hall–Kier alpha value is -9.21. The summed E-state index contributed by atoms with van der Waals surface area (Å²) in [7, 11) is 0. The molecule has 1 aliphatic carbocycles. The maximum absolute atomic E-state index is 7.83. The molecule has 0 saturated carbocycles. The van der Waals surface area contributed by atoms with Crippen molar-refractivity contribution in [2.45, 2.75) is 15.2 Å². The molecule has 69 heavy (non-hydrogen) atoms. The number of hydrogen-bond donors (Lipinski definition) is 0. The summed E-state index contributed by atoms with van der Waals surface area (Å²) >= 11 is 1.80. The molecule has 6 heterocycles. The number of fused-ring (bicyclic) bond motifs is 18. The van der Waals surface area contributed by atoms with Gasteiger partial charge in [-0.05, 0) is 142 Å². The largest absolute Gasteiger partial charge is 0.309 e. The summed E-state index contributed by atoms with van der Waals surface area (Å²) in [6.07, 6.45) is 3.75. The highest BCUT2D eigenvalue weighted by Crippen LogP contribution is 2.62. The van der Waals surface area contributed by atoms with E-state index in [1.807, 2.05) is 48.8 Å². The third-order valence-corrected chi connectivity index (χ3v) is 15.8. The highest BCUT2D eigenvalue weighted by molar-refractivity contribution is 7.99. The minimum atomic E-state index is -0.773. The van der Waals surface area contributed by atoms with Gasteiger partial charge < -0.3 is 13.7 Å². The summed E-state index contributed by atoms with van der Waals surface area (Å²) < 4.78 is 7.11. The van der Waals surface area contributed by atoms with Gasteiger partial charge in [-0.25, -0.2) is 9.69 Å². The highest BCUT2D eigenvalue weighted by atomic mass is 32.2. The van der Waals surface area contributed by atoms with Gasteiger partial charge in [0.2, 0.25) is 0 Å². The van der Waals surface area contributed by atoms with E-state index in [4.69, 9.17) is 23.1 Å². The third-order valence-electron chi connectivity index (χ3n) is 14.6. The van der Waals surface area contributed by atoms with E-state index in [0.29, 0.717) is 11.4 Å². The second-order valence-electron chi connectivity index (χ2n) is 17.9. The Morgan fingerprint density at radius 3 is 1.23 bits per heavy atom. The molecule has 8 aromatic carbocycles. The molecule has 0 fully saturated rings. The van der Waals surface area contributed by atoms with Crippen molar-refractivity contribution in [3.63, 3.8) is 0 Å². The van der Waals surface area contributed by atoms with Crippen molar-refractivity contribution in [2.24, 2.45) is 0 Å². The fourth-order valence-electron chi connectivity index (χ4n) is 11.9. The first kappa shape index (κ1) is 38.0. The fraction of sp³-hybridized carbons (Fsp3) is 0.0164. The van der Waals surface area contributed by atoms with Gasteiger partial charge in [0.05, 0.1) is 63.0 Å². The average molecular weight is 896 g/mol. The van der Waals surface area contributed by atoms with Gasteiger partial charge in [0.25, 0.3) is 0 Å². The predicted molar refractivity (Wildman–Crippen MR) is 279 cm³/mol. The SMILES string of the molecule is [C-]#[N+]c1ccc2c(c1)c1cc([N+]#[C-])ccc1n2-c1ccc2c(c1)C1(c3cc(-n4c5ccccc5c5cc(-n6c7ccccc7c7ccccc76)ccc54)ccc3S2)c2cccnc2-c2ncccc21. The highest BCUT2D eigenvalue weighted by Gasteiger charge is 2.52. The molecule has 1 spiro atoms. The van der Waals surface area contributed by atoms with Gasteiger partial charge in [-0.1, -0.05) is 90.6 Å². The Labute approximate surface area is 399 Å². The van der Waals surface area contributed by atoms with Crippen molar-refractivity contribution < 1.29 is 0 Å². The Morgan fingerprint density at radius 1 is 0.362 bits per heavy atom. The van der Waals surface area contributed by atoms with Crippen LogP contribution >= 0.6 is 11.8 Å². The van der Waals surface area contributed by atoms with E-state index in [2.05, 4.69) is 175 Å². The van der Waals surface area contributed by atoms with Crippen LogP contribution in [0.15, 0.2) is 210 Å². The summed E-state index contributed by atoms with van der Waals surface area (Å²) in [5.74, 6) is 0. The molecule has 0 amide bonds. The van der Waals surface area contributed by atoms with Crippen LogP contribution in [0.1, 0.15) is 22.3 Å². The fourth-order valence-corrected chi connectivity index (χ4v) is 13.0. The normalized spacial score (nSPS) is 13.2. The number of rotatable bonds is 3. The molecule has 318 valence electrons. The Bertz CT molecular complexity index is 4350. The Balaban J connectivity index is 0.987. The van der Waals surface area contributed by atoms with Crippen LogP contribution in [0.4, 0.5) is 11.4 Å². The van der Waals surface area contributed by atoms with Crippen LogP contribution in [0.25, 0.3) is 104 Å². The number of benzene rings is 8. The van der Waals surface area contributed by atoms with E-state index in [9.17, 15) is 0 Å². The molecular weight excluding hydrogens is 863 g/mol. The molecule has 2 aliphatic rings. The van der Waals surface area contributed by atoms with Gasteiger partial charge in [0, 0.05) is 60.8 Å². The number of hydrogen-bond acceptors (Lipinski definition) is 3. The molecule has 1 aliphatic heterocycles. The van der Waals surface area contributed by atoms with Crippen molar-refractivity contribution >= 4 is 88.6 Å². The van der Waals surface area contributed by atoms with Crippen LogP contribution in [0.3, 0.4) is 0 Å². The molecule has 5 aromatic heterocycles. The van der Waals surface area contributed by atoms with Gasteiger partial charge in [0.1, 0.15) is 0 Å². The maximum Gasteiger partial charge on any atom is 0.188 e. The van der Waals surface area contributed by atoms with Crippen molar-refractivity contribution in [1.29, 1.82) is 0 Å². The van der Waals surface area contributed by atoms with Crippen LogP contribution in [0, 0.1) is 13.1 Å². The second kappa shape index (κ2) is 13.9. The van der Waals surface area contributed by atoms with E-state index in [1.54, 1.807) is 11.8 Å². The topological polar surface area (TPSA) is 49.3 Å². The Morgan fingerprint density at radius 2 is 0.754 bits per heavy atom. The molecule has 8 heteroatoms. The molecule has 0 bridgehead atoms. The van der Waals surface area contributed by atoms with Gasteiger partial charge >= 0.3 is 0 Å². The summed E-state index contributed by atoms with van der Waals surface area (Å²) in [5.41, 5.74) is 16.4. The van der Waals surface area contributed by atoms with Crippen LogP contribution in [-0.4, -0.2) is 23.7 Å². The van der Waals surface area contributed by atoms with Crippen LogP contribution in [0.5, 0.6) is 0 Å². The molecule has 0 unspecified atom stereocenters. The van der Waals surface area contributed by atoms with Crippen molar-refractivity contribution in [2.75, 3.05) is 0 Å². The zero-order valence-corrected chi connectivity index (χ0v) is 37.4. The summed E-state index contributed by atoms with van der Waals surface area (Å²) in [6, 6.07) is 67.2. The van der Waals surface area contributed by atoms with Gasteiger partial charge in [-0.15, -0.1) is 0 Å². The molecule has 0 N–H and O–H groups in total. The summed E-state index contributed by atoms with van der Waals surface area (Å²) in [5, 5.41) is 6.75. The molecule has 0 atom stereocenters. The lowest BCUT2D eigenvalue weighted by Gasteiger charge is -2.39. The zero-order valence-electron chi connectivity index (χ0n) is 36.6. The Kier molecular flexibility index (Phi) is 7.65.